The summed E-state index contributed by atoms with van der Waals surface area (Å²) in [7, 11) is 0. The number of aromatic nitrogens is 4. The predicted molar refractivity (Wildman–Crippen MR) is 108 cm³/mol. The third-order valence-corrected chi connectivity index (χ3v) is 5.50. The number of carbonyl (C=O) groups is 1. The first-order valence-corrected chi connectivity index (χ1v) is 9.69. The van der Waals surface area contributed by atoms with E-state index in [4.69, 9.17) is 0 Å². The highest BCUT2D eigenvalue weighted by Crippen LogP contribution is 2.20. The highest BCUT2D eigenvalue weighted by Gasteiger charge is 2.25. The lowest BCUT2D eigenvalue weighted by Crippen LogP contribution is -2.40. The van der Waals surface area contributed by atoms with Crippen LogP contribution < -0.4 is 5.32 Å². The molecule has 2 N–H and O–H groups in total. The van der Waals surface area contributed by atoms with Crippen LogP contribution in [0.1, 0.15) is 40.1 Å². The number of H-pyrrole nitrogens is 1. The average molecular weight is 378 g/mol. The van der Waals surface area contributed by atoms with Crippen molar-refractivity contribution >= 4 is 11.6 Å². The fraction of sp³-hybridized carbons (Fsp3) is 0.381. The summed E-state index contributed by atoms with van der Waals surface area (Å²) >= 11 is 0. The van der Waals surface area contributed by atoms with Crippen molar-refractivity contribution in [1.29, 1.82) is 0 Å². The van der Waals surface area contributed by atoms with Gasteiger partial charge in [-0.25, -0.2) is 0 Å². The van der Waals surface area contributed by atoms with E-state index in [1.165, 1.54) is 5.56 Å². The lowest BCUT2D eigenvalue weighted by atomic mass is 10.0. The minimum Gasteiger partial charge on any atom is -0.321 e. The minimum absolute atomic E-state index is 0.169. The van der Waals surface area contributed by atoms with Crippen LogP contribution >= 0.6 is 0 Å². The van der Waals surface area contributed by atoms with Crippen molar-refractivity contribution in [1.82, 2.24) is 24.9 Å². The van der Waals surface area contributed by atoms with Crippen molar-refractivity contribution in [2.45, 2.75) is 46.3 Å². The van der Waals surface area contributed by atoms with E-state index in [1.807, 2.05) is 41.1 Å². The predicted octanol–water partition coefficient (Wildman–Crippen LogP) is 2.92. The molecular formula is C21H26N6O. The fourth-order valence-electron chi connectivity index (χ4n) is 3.79. The second-order valence-electron chi connectivity index (χ2n) is 7.50. The maximum absolute atomic E-state index is 12.5. The quantitative estimate of drug-likeness (QED) is 0.715. The van der Waals surface area contributed by atoms with E-state index < -0.39 is 0 Å². The SMILES string of the molecule is Cc1n[nH]c(C)c1C[C@H](C)N1CCn2nc(C(=O)Nc3ccccc3)cc2C1. The summed E-state index contributed by atoms with van der Waals surface area (Å²) in [6.45, 7) is 8.89. The lowest BCUT2D eigenvalue weighted by Gasteiger charge is -2.32. The van der Waals surface area contributed by atoms with E-state index in [-0.39, 0.29) is 5.91 Å². The summed E-state index contributed by atoms with van der Waals surface area (Å²) in [5.74, 6) is -0.169. The zero-order valence-corrected chi connectivity index (χ0v) is 16.6. The molecule has 3 aromatic rings. The first kappa shape index (κ1) is 18.4. The maximum atomic E-state index is 12.5. The molecule has 0 radical (unpaired) electrons. The Kier molecular flexibility index (Phi) is 5.00. The van der Waals surface area contributed by atoms with E-state index in [0.717, 1.165) is 48.8 Å². The molecule has 0 saturated heterocycles. The summed E-state index contributed by atoms with van der Waals surface area (Å²) in [5, 5.41) is 14.8. The van der Waals surface area contributed by atoms with Gasteiger partial charge in [-0.2, -0.15) is 10.2 Å². The van der Waals surface area contributed by atoms with Gasteiger partial charge in [0.25, 0.3) is 5.91 Å². The molecule has 3 heterocycles. The van der Waals surface area contributed by atoms with Gasteiger partial charge in [-0.1, -0.05) is 18.2 Å². The van der Waals surface area contributed by atoms with Gasteiger partial charge in [0.2, 0.25) is 0 Å². The first-order chi connectivity index (χ1) is 13.5. The molecule has 0 aliphatic carbocycles. The zero-order chi connectivity index (χ0) is 19.7. The Bertz CT molecular complexity index is 955. The number of hydrogen-bond donors (Lipinski definition) is 2. The van der Waals surface area contributed by atoms with Gasteiger partial charge in [0.15, 0.2) is 5.69 Å². The largest absolute Gasteiger partial charge is 0.321 e. The molecule has 1 aromatic carbocycles. The Balaban J connectivity index is 1.43. The molecule has 1 atom stereocenters. The molecular weight excluding hydrogens is 352 g/mol. The topological polar surface area (TPSA) is 78.8 Å². The van der Waals surface area contributed by atoms with Crippen LogP contribution in [0.4, 0.5) is 5.69 Å². The van der Waals surface area contributed by atoms with Crippen LogP contribution in [0, 0.1) is 13.8 Å². The molecule has 7 heteroatoms. The standard InChI is InChI=1S/C21H26N6O/c1-14(11-19-15(2)23-24-16(19)3)26-9-10-27-18(13-26)12-20(25-27)21(28)22-17-7-5-4-6-8-17/h4-8,12,14H,9-11,13H2,1-3H3,(H,22,28)(H,23,24)/t14-/m0/s1. The number of fused-ring (bicyclic) bond motifs is 1. The Morgan fingerprint density at radius 2 is 2.04 bits per heavy atom. The van der Waals surface area contributed by atoms with Crippen LogP contribution in [-0.4, -0.2) is 43.4 Å². The van der Waals surface area contributed by atoms with Crippen molar-refractivity contribution in [3.05, 3.63) is 64.7 Å². The number of aromatic amines is 1. The monoisotopic (exact) mass is 378 g/mol. The van der Waals surface area contributed by atoms with E-state index in [9.17, 15) is 4.79 Å². The molecule has 1 aliphatic rings. The molecule has 0 spiro atoms. The molecule has 0 unspecified atom stereocenters. The Morgan fingerprint density at radius 1 is 1.25 bits per heavy atom. The molecule has 4 rings (SSSR count). The normalized spacial score (nSPS) is 15.2. The van der Waals surface area contributed by atoms with Crippen molar-refractivity contribution < 1.29 is 4.79 Å². The second kappa shape index (κ2) is 7.59. The highest BCUT2D eigenvalue weighted by molar-refractivity contribution is 6.02. The Hall–Kier alpha value is -2.93. The average Bonchev–Trinajstić information content (AvgIpc) is 3.26. The van der Waals surface area contributed by atoms with Crippen LogP contribution in [0.5, 0.6) is 0 Å². The van der Waals surface area contributed by atoms with E-state index >= 15 is 0 Å². The number of carbonyl (C=O) groups excluding carboxylic acids is 1. The molecule has 2 aromatic heterocycles. The van der Waals surface area contributed by atoms with Gasteiger partial charge in [-0.05, 0) is 51.0 Å². The summed E-state index contributed by atoms with van der Waals surface area (Å²) in [4.78, 5) is 15.0. The van der Waals surface area contributed by atoms with Crippen LogP contribution in [-0.2, 0) is 19.5 Å². The molecule has 1 amide bonds. The maximum Gasteiger partial charge on any atom is 0.276 e. The summed E-state index contributed by atoms with van der Waals surface area (Å²) in [6, 6.07) is 11.8. The van der Waals surface area contributed by atoms with Crippen LogP contribution in [0.2, 0.25) is 0 Å². The number of nitrogens with one attached hydrogen (secondary N) is 2. The lowest BCUT2D eigenvalue weighted by molar-refractivity contribution is 0.102. The van der Waals surface area contributed by atoms with Crippen molar-refractivity contribution in [2.24, 2.45) is 0 Å². The summed E-state index contributed by atoms with van der Waals surface area (Å²) in [6.07, 6.45) is 0.962. The number of aryl methyl sites for hydroxylation is 2. The number of nitrogens with zero attached hydrogens (tertiary/aromatic N) is 4. The Morgan fingerprint density at radius 3 is 2.75 bits per heavy atom. The number of amides is 1. The number of rotatable bonds is 5. The minimum atomic E-state index is -0.169. The van der Waals surface area contributed by atoms with E-state index in [0.29, 0.717) is 11.7 Å². The molecule has 0 fully saturated rings. The van der Waals surface area contributed by atoms with Gasteiger partial charge < -0.3 is 5.32 Å². The molecule has 0 saturated carbocycles. The van der Waals surface area contributed by atoms with Crippen molar-refractivity contribution in [2.75, 3.05) is 11.9 Å². The number of hydrogen-bond acceptors (Lipinski definition) is 4. The smallest absolute Gasteiger partial charge is 0.276 e. The van der Waals surface area contributed by atoms with E-state index in [2.05, 4.69) is 46.3 Å². The van der Waals surface area contributed by atoms with Crippen molar-refractivity contribution in [3.63, 3.8) is 0 Å². The van der Waals surface area contributed by atoms with Crippen molar-refractivity contribution in [3.8, 4) is 0 Å². The number of para-hydroxylation sites is 1. The van der Waals surface area contributed by atoms with Crippen LogP contribution in [0.25, 0.3) is 0 Å². The fourth-order valence-corrected chi connectivity index (χ4v) is 3.79. The van der Waals surface area contributed by atoms with E-state index in [1.54, 1.807) is 0 Å². The third-order valence-electron chi connectivity index (χ3n) is 5.50. The van der Waals surface area contributed by atoms with Gasteiger partial charge >= 0.3 is 0 Å². The zero-order valence-electron chi connectivity index (χ0n) is 16.6. The van der Waals surface area contributed by atoms with Crippen LogP contribution in [0.3, 0.4) is 0 Å². The third kappa shape index (κ3) is 3.71. The summed E-state index contributed by atoms with van der Waals surface area (Å²) < 4.78 is 1.96. The summed E-state index contributed by atoms with van der Waals surface area (Å²) in [5.41, 5.74) is 5.85. The van der Waals surface area contributed by atoms with Gasteiger partial charge in [0.1, 0.15) is 0 Å². The molecule has 146 valence electrons. The van der Waals surface area contributed by atoms with Gasteiger partial charge in [0, 0.05) is 30.5 Å². The first-order valence-electron chi connectivity index (χ1n) is 9.69. The molecule has 7 nitrogen and oxygen atoms in total. The Labute approximate surface area is 164 Å². The van der Waals surface area contributed by atoms with Gasteiger partial charge in [-0.15, -0.1) is 0 Å². The molecule has 28 heavy (non-hydrogen) atoms. The number of anilines is 1. The van der Waals surface area contributed by atoms with Gasteiger partial charge in [-0.3, -0.25) is 19.5 Å². The number of benzene rings is 1. The van der Waals surface area contributed by atoms with Gasteiger partial charge in [0.05, 0.1) is 17.9 Å². The highest BCUT2D eigenvalue weighted by atomic mass is 16.2. The second-order valence-corrected chi connectivity index (χ2v) is 7.50. The molecule has 0 bridgehead atoms. The van der Waals surface area contributed by atoms with Crippen LogP contribution in [0.15, 0.2) is 36.4 Å². The molecule has 1 aliphatic heterocycles.